The number of hydrogen-bond donors (Lipinski definition) is 2. The zero-order valence-corrected chi connectivity index (χ0v) is 50.6. The zero-order chi connectivity index (χ0) is 62.9. The molecular weight excluding hydrogens is 1150 g/mol. The van der Waals surface area contributed by atoms with E-state index < -0.39 is 0 Å². The number of hydrogen-bond acceptors (Lipinski definition) is 8. The van der Waals surface area contributed by atoms with E-state index in [1.54, 1.807) is 0 Å². The Kier molecular flexibility index (Phi) is 14.4. The maximum Gasteiger partial charge on any atom is 0.154 e. The largest absolute Gasteiger partial charge is 0.339 e. The van der Waals surface area contributed by atoms with E-state index in [2.05, 4.69) is 239 Å². The van der Waals surface area contributed by atoms with Gasteiger partial charge in [0.15, 0.2) is 11.6 Å². The molecule has 0 radical (unpaired) electrons. The minimum atomic E-state index is 0.273. The van der Waals surface area contributed by atoms with E-state index in [1.165, 1.54) is 21.5 Å². The summed E-state index contributed by atoms with van der Waals surface area (Å²) in [5.41, 5.74) is 20.0. The smallest absolute Gasteiger partial charge is 0.154 e. The molecule has 14 aromatic rings. The van der Waals surface area contributed by atoms with Gasteiger partial charge in [-0.05, 0) is 164 Å². The molecule has 0 atom stereocenters. The topological polar surface area (TPSA) is 129 Å². The highest BCUT2D eigenvalue weighted by Gasteiger charge is 2.23. The number of anilines is 8. The van der Waals surface area contributed by atoms with Crippen LogP contribution >= 0.6 is 0 Å². The van der Waals surface area contributed by atoms with E-state index in [9.17, 15) is 10.5 Å². The van der Waals surface area contributed by atoms with Crippen molar-refractivity contribution in [1.82, 2.24) is 9.97 Å². The Morgan fingerprint density at radius 3 is 0.915 bits per heavy atom. The van der Waals surface area contributed by atoms with Gasteiger partial charge in [-0.15, -0.1) is 0 Å². The Bertz CT molecular complexity index is 5020. The second-order valence-corrected chi connectivity index (χ2v) is 23.1. The van der Waals surface area contributed by atoms with Crippen LogP contribution in [0.4, 0.5) is 57.1 Å². The van der Waals surface area contributed by atoms with Crippen LogP contribution in [0.15, 0.2) is 326 Å². The summed E-state index contributed by atoms with van der Waals surface area (Å²) in [4.78, 5) is 23.8. The number of nitriles is 2. The van der Waals surface area contributed by atoms with Crippen LogP contribution in [0.2, 0.25) is 0 Å². The molecule has 10 heteroatoms. The number of benzene rings is 12. The Morgan fingerprint density at radius 2 is 0.596 bits per heavy atom. The van der Waals surface area contributed by atoms with Crippen molar-refractivity contribution in [1.29, 1.82) is 10.5 Å². The summed E-state index contributed by atoms with van der Waals surface area (Å²) in [5, 5.41) is 33.5. The molecule has 2 aromatic heterocycles. The third-order valence-electron chi connectivity index (χ3n) is 17.5. The normalized spacial score (nSPS) is 13.0. The lowest BCUT2D eigenvalue weighted by Crippen LogP contribution is -2.10. The third-order valence-corrected chi connectivity index (χ3v) is 17.5. The van der Waals surface area contributed by atoms with Gasteiger partial charge in [0.05, 0.1) is 11.1 Å². The van der Waals surface area contributed by atoms with Gasteiger partial charge in [0.2, 0.25) is 0 Å². The minimum Gasteiger partial charge on any atom is -0.339 e. The molecule has 12 aromatic carbocycles. The van der Waals surface area contributed by atoms with Crippen molar-refractivity contribution in [2.45, 2.75) is 0 Å². The van der Waals surface area contributed by atoms with E-state index >= 15 is 0 Å². The fraction of sp³-hybridized carbons (Fsp3) is 0. The molecule has 0 unspecified atom stereocenters. The van der Waals surface area contributed by atoms with Gasteiger partial charge in [0, 0.05) is 90.9 Å². The average molecular weight is 1200 g/mol. The molecule has 16 rings (SSSR count). The average Bonchev–Trinajstić information content (AvgIpc) is 1.62. The third kappa shape index (κ3) is 10.7. The summed E-state index contributed by atoms with van der Waals surface area (Å²) >= 11 is 0. The number of aliphatic imine (C=N–C) groups is 2. The van der Waals surface area contributed by atoms with Crippen molar-refractivity contribution in [3.8, 4) is 56.6 Å². The lowest BCUT2D eigenvalue weighted by molar-refractivity contribution is 1.27. The van der Waals surface area contributed by atoms with Crippen LogP contribution in [0.5, 0.6) is 0 Å². The molecular formula is C84H54N10. The number of nitrogens with zero attached hydrogens (tertiary/aromatic N) is 8. The highest BCUT2D eigenvalue weighted by molar-refractivity contribution is 6.27. The maximum atomic E-state index is 10.9. The van der Waals surface area contributed by atoms with Crippen LogP contribution in [0.3, 0.4) is 0 Å². The lowest BCUT2D eigenvalue weighted by Gasteiger charge is -2.26. The van der Waals surface area contributed by atoms with Gasteiger partial charge in [-0.25, -0.2) is 20.0 Å². The molecule has 2 aliphatic heterocycles. The molecule has 2 N–H and O–H groups in total. The van der Waals surface area contributed by atoms with Gasteiger partial charge in [0.1, 0.15) is 23.8 Å². The number of nitrogens with one attached hydrogen (secondary N) is 2. The van der Waals surface area contributed by atoms with Crippen LogP contribution in [-0.4, -0.2) is 21.6 Å². The first kappa shape index (κ1) is 56.0. The Hall–Kier alpha value is -13.3. The van der Waals surface area contributed by atoms with E-state index in [0.29, 0.717) is 22.8 Å². The van der Waals surface area contributed by atoms with Gasteiger partial charge >= 0.3 is 0 Å². The van der Waals surface area contributed by atoms with E-state index in [4.69, 9.17) is 20.0 Å². The molecule has 0 bridgehead atoms. The molecule has 2 aliphatic rings. The molecule has 10 nitrogen and oxygen atoms in total. The maximum absolute atomic E-state index is 10.9. The first-order valence-corrected chi connectivity index (χ1v) is 31.0. The number of allylic oxidation sites excluding steroid dienone is 2. The van der Waals surface area contributed by atoms with E-state index in [1.807, 2.05) is 109 Å². The fourth-order valence-corrected chi connectivity index (χ4v) is 12.8. The van der Waals surface area contributed by atoms with E-state index in [0.717, 1.165) is 113 Å². The van der Waals surface area contributed by atoms with Crippen molar-refractivity contribution in [2.75, 3.05) is 20.4 Å². The van der Waals surface area contributed by atoms with Crippen LogP contribution in [-0.2, 0) is 0 Å². The number of rotatable bonds is 14. The molecule has 0 amide bonds. The SMILES string of the molecule is N#C/C(=C(/C#N)c1ccc(N(c2ccc(-c3ccccc3)cc2)c2ccc(-c3ccc(/N=C4\Nc5cccc6cccc4c56)nc3)cc2)cc1)c1ccc(N(c2ccc(-c3ccccc3)cc2)c2ccc(-c3ccc(/N=C4\Nc5cccc6cccc4c56)nc3)cc2)cc1. The van der Waals surface area contributed by atoms with Crippen LogP contribution in [0.1, 0.15) is 22.3 Å². The molecule has 0 saturated carbocycles. The molecule has 94 heavy (non-hydrogen) atoms. The Balaban J connectivity index is 0.676. The summed E-state index contributed by atoms with van der Waals surface area (Å²) in [7, 11) is 0. The predicted octanol–water partition coefficient (Wildman–Crippen LogP) is 21.4. The lowest BCUT2D eigenvalue weighted by atomic mass is 9.95. The highest BCUT2D eigenvalue weighted by Crippen LogP contribution is 2.42. The molecule has 0 fully saturated rings. The highest BCUT2D eigenvalue weighted by atomic mass is 15.1. The molecule has 0 spiro atoms. The second-order valence-electron chi connectivity index (χ2n) is 23.1. The quantitative estimate of drug-likeness (QED) is 0.0814. The van der Waals surface area contributed by atoms with Crippen LogP contribution < -0.4 is 20.4 Å². The van der Waals surface area contributed by atoms with Crippen molar-refractivity contribution in [3.05, 3.63) is 338 Å². The first-order chi connectivity index (χ1) is 46.5. The van der Waals surface area contributed by atoms with Gasteiger partial charge in [-0.3, -0.25) is 0 Å². The molecule has 0 saturated heterocycles. The first-order valence-electron chi connectivity index (χ1n) is 31.0. The summed E-state index contributed by atoms with van der Waals surface area (Å²) < 4.78 is 0. The summed E-state index contributed by atoms with van der Waals surface area (Å²) in [6, 6.07) is 108. The monoisotopic (exact) mass is 1200 g/mol. The van der Waals surface area contributed by atoms with Crippen molar-refractivity contribution >= 4 is 101 Å². The summed E-state index contributed by atoms with van der Waals surface area (Å²) in [5.74, 6) is 2.80. The molecule has 4 heterocycles. The fourth-order valence-electron chi connectivity index (χ4n) is 12.8. The van der Waals surface area contributed by atoms with Gasteiger partial charge in [-0.1, -0.05) is 194 Å². The number of aromatic nitrogens is 2. The summed E-state index contributed by atoms with van der Waals surface area (Å²) in [6.07, 6.45) is 3.73. The standard InChI is InChI=1S/C84H54N10/c85-51-75(61-31-45-71(46-32-61)93(67-37-23-57(24-38-67)55-11-3-1-4-12-55)69-41-27-59(28-42-69)65-35-49-79(87-53-65)91-83-73-19-7-15-63-17-9-21-77(89-83)81(63)73)76(52-86)62-33-47-72(48-34-62)94(68-39-25-58(26-40-68)56-13-5-2-6-14-56)70-43-29-60(30-44-70)66-36-50-80(88-54-66)92-84-74-20-8-16-64-18-10-22-78(90-84)82(64)74/h1-50,53-54H,(H,87,89,91)(H,88,90,92)/b76-75+. The molecule has 440 valence electrons. The second kappa shape index (κ2) is 24.3. The van der Waals surface area contributed by atoms with Gasteiger partial charge in [0.25, 0.3) is 0 Å². The van der Waals surface area contributed by atoms with Gasteiger partial charge < -0.3 is 20.4 Å². The number of pyridine rings is 2. The Morgan fingerprint density at radius 1 is 0.298 bits per heavy atom. The zero-order valence-electron chi connectivity index (χ0n) is 50.6. The van der Waals surface area contributed by atoms with Gasteiger partial charge in [-0.2, -0.15) is 10.5 Å². The van der Waals surface area contributed by atoms with Crippen LogP contribution in [0, 0.1) is 22.7 Å². The Labute approximate surface area is 544 Å². The predicted molar refractivity (Wildman–Crippen MR) is 385 cm³/mol. The summed E-state index contributed by atoms with van der Waals surface area (Å²) in [6.45, 7) is 0. The molecule has 0 aliphatic carbocycles. The van der Waals surface area contributed by atoms with Crippen molar-refractivity contribution < 1.29 is 0 Å². The minimum absolute atomic E-state index is 0.273. The van der Waals surface area contributed by atoms with Crippen molar-refractivity contribution in [2.24, 2.45) is 9.98 Å². The van der Waals surface area contributed by atoms with Crippen LogP contribution in [0.25, 0.3) is 77.2 Å². The van der Waals surface area contributed by atoms with Crippen molar-refractivity contribution in [3.63, 3.8) is 0 Å². The number of amidine groups is 2. The van der Waals surface area contributed by atoms with E-state index in [-0.39, 0.29) is 11.1 Å².